The summed E-state index contributed by atoms with van der Waals surface area (Å²) in [6, 6.07) is 2.11. The van der Waals surface area contributed by atoms with Crippen molar-refractivity contribution in [2.24, 2.45) is 0 Å². The van der Waals surface area contributed by atoms with Gasteiger partial charge in [-0.2, -0.15) is 0 Å². The van der Waals surface area contributed by atoms with Crippen LogP contribution in [0.2, 0.25) is 0 Å². The number of hydrogen-bond donors (Lipinski definition) is 1. The van der Waals surface area contributed by atoms with Crippen molar-refractivity contribution >= 4 is 39.3 Å². The van der Waals surface area contributed by atoms with Gasteiger partial charge >= 0.3 is 0 Å². The zero-order chi connectivity index (χ0) is 14.1. The predicted octanol–water partition coefficient (Wildman–Crippen LogP) is 3.29. The van der Waals surface area contributed by atoms with Crippen LogP contribution in [0.3, 0.4) is 0 Å². The Kier molecular flexibility index (Phi) is 3.54. The molecule has 1 N–H and O–H groups in total. The second-order valence-electron chi connectivity index (χ2n) is 4.32. The molecule has 0 saturated heterocycles. The van der Waals surface area contributed by atoms with E-state index in [1.165, 1.54) is 16.6 Å². The van der Waals surface area contributed by atoms with Crippen molar-refractivity contribution in [2.45, 2.75) is 24.0 Å². The molecule has 3 aromatic rings. The molecule has 0 unspecified atom stereocenters. The number of anilines is 1. The van der Waals surface area contributed by atoms with Gasteiger partial charge in [-0.1, -0.05) is 0 Å². The Balaban J connectivity index is 2.06. The zero-order valence-corrected chi connectivity index (χ0v) is 13.0. The summed E-state index contributed by atoms with van der Waals surface area (Å²) in [5, 5.41) is 5.63. The van der Waals surface area contributed by atoms with Crippen molar-refractivity contribution in [3.63, 3.8) is 0 Å². The maximum Gasteiger partial charge on any atom is 0.224 e. The number of nitrogens with one attached hydrogen (secondary N) is 1. The Bertz CT molecular complexity index is 751. The maximum atomic E-state index is 4.52. The highest BCUT2D eigenvalue weighted by molar-refractivity contribution is 7.99. The number of thiophene rings is 1. The average molecular weight is 303 g/mol. The Hall–Kier alpha value is -1.73. The minimum Gasteiger partial charge on any atom is -0.357 e. The van der Waals surface area contributed by atoms with Gasteiger partial charge in [-0.05, 0) is 37.2 Å². The Labute approximate surface area is 124 Å². The molecule has 3 rings (SSSR count). The summed E-state index contributed by atoms with van der Waals surface area (Å²) in [4.78, 5) is 19.8. The average Bonchev–Trinajstić information content (AvgIpc) is 2.81. The summed E-state index contributed by atoms with van der Waals surface area (Å²) in [5.74, 6) is 0.619. The van der Waals surface area contributed by atoms with Crippen molar-refractivity contribution in [3.05, 3.63) is 28.9 Å². The molecule has 0 saturated carbocycles. The third kappa shape index (κ3) is 2.59. The Morgan fingerprint density at radius 3 is 2.60 bits per heavy atom. The predicted molar refractivity (Wildman–Crippen MR) is 82.6 cm³/mol. The van der Waals surface area contributed by atoms with Crippen molar-refractivity contribution in [2.75, 3.05) is 12.4 Å². The van der Waals surface area contributed by atoms with Crippen LogP contribution in [0.25, 0.3) is 10.2 Å². The van der Waals surface area contributed by atoms with Gasteiger partial charge in [0, 0.05) is 29.7 Å². The van der Waals surface area contributed by atoms with E-state index < -0.39 is 0 Å². The number of aromatic nitrogens is 4. The van der Waals surface area contributed by atoms with Gasteiger partial charge in [-0.15, -0.1) is 11.3 Å². The summed E-state index contributed by atoms with van der Waals surface area (Å²) in [7, 11) is 1.82. The number of hydrogen-bond acceptors (Lipinski definition) is 7. The molecule has 0 fully saturated rings. The number of nitrogens with zero attached hydrogens (tertiary/aromatic N) is 4. The van der Waals surface area contributed by atoms with Crippen LogP contribution in [-0.4, -0.2) is 27.0 Å². The first-order valence-electron chi connectivity index (χ1n) is 6.08. The fraction of sp³-hybridized carbons (Fsp3) is 0.231. The zero-order valence-electron chi connectivity index (χ0n) is 11.3. The normalized spacial score (nSPS) is 10.9. The van der Waals surface area contributed by atoms with Crippen LogP contribution >= 0.6 is 23.1 Å². The highest BCUT2D eigenvalue weighted by Gasteiger charge is 2.12. The molecule has 0 spiro atoms. The smallest absolute Gasteiger partial charge is 0.224 e. The minimum absolute atomic E-state index is 0.619. The molecular weight excluding hydrogens is 290 g/mol. The summed E-state index contributed by atoms with van der Waals surface area (Å²) < 4.78 is 0. The first-order chi connectivity index (χ1) is 9.65. The standard InChI is InChI=1S/C13H13N5S2/c1-7-5-15-13(16-6-7)20-11-9-4-8(2)19-10(9)17-12(14-3)18-11/h4-6H,1-3H3,(H,14,17,18). The van der Waals surface area contributed by atoms with Crippen LogP contribution < -0.4 is 5.32 Å². The molecule has 7 heteroatoms. The quantitative estimate of drug-likeness (QED) is 0.592. The largest absolute Gasteiger partial charge is 0.357 e. The first kappa shape index (κ1) is 13.3. The molecule has 0 radical (unpaired) electrons. The van der Waals surface area contributed by atoms with E-state index in [0.717, 1.165) is 20.8 Å². The van der Waals surface area contributed by atoms with E-state index in [0.29, 0.717) is 11.1 Å². The molecule has 0 amide bonds. The molecular formula is C13H13N5S2. The molecule has 3 heterocycles. The van der Waals surface area contributed by atoms with Gasteiger partial charge in [0.15, 0.2) is 5.16 Å². The Morgan fingerprint density at radius 1 is 1.15 bits per heavy atom. The van der Waals surface area contributed by atoms with Crippen molar-refractivity contribution in [3.8, 4) is 0 Å². The molecule has 0 aliphatic heterocycles. The number of aryl methyl sites for hydroxylation is 2. The van der Waals surface area contributed by atoms with Crippen LogP contribution in [0.1, 0.15) is 10.4 Å². The molecule has 0 aliphatic rings. The van der Waals surface area contributed by atoms with Crippen LogP contribution in [0.4, 0.5) is 5.95 Å². The highest BCUT2D eigenvalue weighted by atomic mass is 32.2. The lowest BCUT2D eigenvalue weighted by molar-refractivity contribution is 0.945. The summed E-state index contributed by atoms with van der Waals surface area (Å²) in [6.07, 6.45) is 3.62. The lowest BCUT2D eigenvalue weighted by atomic mass is 10.4. The third-order valence-corrected chi connectivity index (χ3v) is 4.49. The fourth-order valence-corrected chi connectivity index (χ4v) is 3.45. The van der Waals surface area contributed by atoms with E-state index in [1.807, 2.05) is 26.4 Å². The lowest BCUT2D eigenvalue weighted by Gasteiger charge is -2.04. The van der Waals surface area contributed by atoms with Crippen LogP contribution in [-0.2, 0) is 0 Å². The molecule has 3 aromatic heterocycles. The summed E-state index contributed by atoms with van der Waals surface area (Å²) in [6.45, 7) is 4.04. The van der Waals surface area contributed by atoms with Gasteiger partial charge in [0.05, 0.1) is 0 Å². The van der Waals surface area contributed by atoms with Crippen molar-refractivity contribution < 1.29 is 0 Å². The number of fused-ring (bicyclic) bond motifs is 1. The molecule has 5 nitrogen and oxygen atoms in total. The van der Waals surface area contributed by atoms with Crippen molar-refractivity contribution in [1.82, 2.24) is 19.9 Å². The van der Waals surface area contributed by atoms with Crippen molar-refractivity contribution in [1.29, 1.82) is 0 Å². The fourth-order valence-electron chi connectivity index (χ4n) is 1.73. The molecule has 0 atom stereocenters. The van der Waals surface area contributed by atoms with Gasteiger partial charge in [0.1, 0.15) is 9.86 Å². The minimum atomic E-state index is 0.619. The van der Waals surface area contributed by atoms with Gasteiger partial charge in [-0.25, -0.2) is 19.9 Å². The first-order valence-corrected chi connectivity index (χ1v) is 7.71. The molecule has 0 aromatic carbocycles. The van der Waals surface area contributed by atoms with Crippen LogP contribution in [0, 0.1) is 13.8 Å². The third-order valence-electron chi connectivity index (χ3n) is 2.65. The summed E-state index contributed by atoms with van der Waals surface area (Å²) >= 11 is 3.13. The molecule has 20 heavy (non-hydrogen) atoms. The Morgan fingerprint density at radius 2 is 1.90 bits per heavy atom. The van der Waals surface area contributed by atoms with Crippen LogP contribution in [0.5, 0.6) is 0 Å². The maximum absolute atomic E-state index is 4.52. The van der Waals surface area contributed by atoms with E-state index in [9.17, 15) is 0 Å². The van der Waals surface area contributed by atoms with E-state index in [1.54, 1.807) is 11.3 Å². The van der Waals surface area contributed by atoms with Crippen LogP contribution in [0.15, 0.2) is 28.6 Å². The van der Waals surface area contributed by atoms with E-state index in [2.05, 4.69) is 38.2 Å². The topological polar surface area (TPSA) is 63.6 Å². The van der Waals surface area contributed by atoms with Gasteiger partial charge in [0.25, 0.3) is 0 Å². The second kappa shape index (κ2) is 5.34. The molecule has 0 bridgehead atoms. The van der Waals surface area contributed by atoms with E-state index in [-0.39, 0.29) is 0 Å². The van der Waals surface area contributed by atoms with Gasteiger partial charge in [0.2, 0.25) is 5.95 Å². The van der Waals surface area contributed by atoms with Gasteiger partial charge < -0.3 is 5.32 Å². The van der Waals surface area contributed by atoms with Gasteiger partial charge in [-0.3, -0.25) is 0 Å². The molecule has 102 valence electrons. The van der Waals surface area contributed by atoms with E-state index in [4.69, 9.17) is 0 Å². The highest BCUT2D eigenvalue weighted by Crippen LogP contribution is 2.34. The number of rotatable bonds is 3. The second-order valence-corrected chi connectivity index (χ2v) is 6.51. The summed E-state index contributed by atoms with van der Waals surface area (Å²) in [5.41, 5.74) is 1.05. The van der Waals surface area contributed by atoms with E-state index >= 15 is 0 Å². The molecule has 0 aliphatic carbocycles. The lowest BCUT2D eigenvalue weighted by Crippen LogP contribution is -1.97. The SMILES string of the molecule is CNc1nc(Sc2ncc(C)cn2)c2cc(C)sc2n1. The monoisotopic (exact) mass is 303 g/mol.